The molecule has 4 nitrogen and oxygen atoms in total. The van der Waals surface area contributed by atoms with Gasteiger partial charge in [-0.25, -0.2) is 0 Å². The van der Waals surface area contributed by atoms with Crippen LogP contribution in [0.1, 0.15) is 22.3 Å². The molecule has 0 saturated heterocycles. The van der Waals surface area contributed by atoms with Gasteiger partial charge in [-0.3, -0.25) is 9.97 Å². The fraction of sp³-hybridized carbons (Fsp3) is 0.0909. The molecule has 4 heteroatoms. The Morgan fingerprint density at radius 3 is 1.50 bits per heavy atom. The topological polar surface area (TPSA) is 44.2 Å². The van der Waals surface area contributed by atoms with Crippen LogP contribution in [0.2, 0.25) is 0 Å². The Balaban J connectivity index is 1.93. The summed E-state index contributed by atoms with van der Waals surface area (Å²) < 4.78 is 11.1. The third kappa shape index (κ3) is 4.36. The molecule has 0 amide bonds. The van der Waals surface area contributed by atoms with Gasteiger partial charge in [0.15, 0.2) is 0 Å². The van der Waals surface area contributed by atoms with Crippen LogP contribution in [-0.4, -0.2) is 24.2 Å². The van der Waals surface area contributed by atoms with Crippen molar-refractivity contribution in [1.82, 2.24) is 9.97 Å². The van der Waals surface area contributed by atoms with Crippen molar-refractivity contribution >= 4 is 24.3 Å². The lowest BCUT2D eigenvalue weighted by Crippen LogP contribution is -1.93. The first-order chi connectivity index (χ1) is 12.8. The Labute approximate surface area is 153 Å². The van der Waals surface area contributed by atoms with Gasteiger partial charge in [-0.05, 0) is 35.4 Å². The number of methoxy groups -OCH3 is 2. The average molecular weight is 344 g/mol. The van der Waals surface area contributed by atoms with Crippen molar-refractivity contribution in [1.29, 1.82) is 0 Å². The lowest BCUT2D eigenvalue weighted by atomic mass is 10.1. The monoisotopic (exact) mass is 344 g/mol. The number of benzene rings is 1. The highest BCUT2D eigenvalue weighted by atomic mass is 16.5. The van der Waals surface area contributed by atoms with E-state index in [2.05, 4.69) is 9.97 Å². The van der Waals surface area contributed by atoms with Gasteiger partial charge < -0.3 is 9.47 Å². The molecule has 0 bridgehead atoms. The normalized spacial score (nSPS) is 11.2. The molecule has 0 unspecified atom stereocenters. The second-order valence-corrected chi connectivity index (χ2v) is 5.58. The molecule has 2 aromatic heterocycles. The maximum Gasteiger partial charge on any atom is 0.126 e. The average Bonchev–Trinajstić information content (AvgIpc) is 2.72. The zero-order chi connectivity index (χ0) is 18.2. The molecule has 3 rings (SSSR count). The lowest BCUT2D eigenvalue weighted by Gasteiger charge is -2.11. The molecule has 0 fully saturated rings. The highest BCUT2D eigenvalue weighted by Gasteiger charge is 2.08. The van der Waals surface area contributed by atoms with Crippen LogP contribution in [0.4, 0.5) is 0 Å². The maximum absolute atomic E-state index is 5.56. The van der Waals surface area contributed by atoms with Gasteiger partial charge in [0, 0.05) is 35.9 Å². The van der Waals surface area contributed by atoms with Gasteiger partial charge in [0.2, 0.25) is 0 Å². The molecular formula is C22H20N2O2. The lowest BCUT2D eigenvalue weighted by molar-refractivity contribution is 0.401. The summed E-state index contributed by atoms with van der Waals surface area (Å²) in [6.45, 7) is 0. The van der Waals surface area contributed by atoms with Gasteiger partial charge in [0.25, 0.3) is 0 Å². The van der Waals surface area contributed by atoms with Crippen LogP contribution in [0.25, 0.3) is 24.3 Å². The van der Waals surface area contributed by atoms with Gasteiger partial charge in [0.1, 0.15) is 11.5 Å². The number of pyridine rings is 2. The van der Waals surface area contributed by atoms with Gasteiger partial charge in [0.05, 0.1) is 14.2 Å². The number of hydrogen-bond donors (Lipinski definition) is 0. The maximum atomic E-state index is 5.56. The Bertz CT molecular complexity index is 827. The highest BCUT2D eigenvalue weighted by molar-refractivity contribution is 5.78. The predicted molar refractivity (Wildman–Crippen MR) is 106 cm³/mol. The fourth-order valence-electron chi connectivity index (χ4n) is 2.53. The molecule has 0 aliphatic carbocycles. The Morgan fingerprint density at radius 2 is 1.15 bits per heavy atom. The van der Waals surface area contributed by atoms with Crippen LogP contribution in [0.15, 0.2) is 61.2 Å². The van der Waals surface area contributed by atoms with Crippen LogP contribution >= 0.6 is 0 Å². The van der Waals surface area contributed by atoms with Crippen molar-refractivity contribution in [3.63, 3.8) is 0 Å². The first-order valence-corrected chi connectivity index (χ1v) is 8.22. The molecule has 130 valence electrons. The van der Waals surface area contributed by atoms with Gasteiger partial charge in [-0.1, -0.05) is 36.4 Å². The summed E-state index contributed by atoms with van der Waals surface area (Å²) in [7, 11) is 3.33. The SMILES string of the molecule is COc1cc(/C=C/c2cccnc2)c(OC)cc1/C=C/c1cccnc1. The number of ether oxygens (including phenoxy) is 2. The third-order valence-electron chi connectivity index (χ3n) is 3.86. The summed E-state index contributed by atoms with van der Waals surface area (Å²) in [6.07, 6.45) is 15.1. The summed E-state index contributed by atoms with van der Waals surface area (Å²) in [5.74, 6) is 1.55. The van der Waals surface area contributed by atoms with Gasteiger partial charge in [-0.2, -0.15) is 0 Å². The van der Waals surface area contributed by atoms with Crippen molar-refractivity contribution in [2.24, 2.45) is 0 Å². The van der Waals surface area contributed by atoms with Gasteiger partial charge in [-0.15, -0.1) is 0 Å². The Hall–Kier alpha value is -3.40. The van der Waals surface area contributed by atoms with E-state index in [4.69, 9.17) is 9.47 Å². The standard InChI is InChI=1S/C22H20N2O2/c1-25-21-13-20(10-8-18-6-4-12-24-16-18)22(26-2)14-19(21)9-7-17-5-3-11-23-15-17/h3-16H,1-2H3/b9-7+,10-8+. The summed E-state index contributed by atoms with van der Waals surface area (Å²) in [4.78, 5) is 8.24. The molecule has 0 saturated carbocycles. The second kappa shape index (κ2) is 8.62. The van der Waals surface area contributed by atoms with E-state index >= 15 is 0 Å². The smallest absolute Gasteiger partial charge is 0.126 e. The number of aromatic nitrogens is 2. The largest absolute Gasteiger partial charge is 0.496 e. The predicted octanol–water partition coefficient (Wildman–Crippen LogP) is 4.83. The first kappa shape index (κ1) is 17.4. The summed E-state index contributed by atoms with van der Waals surface area (Å²) in [5, 5.41) is 0. The van der Waals surface area contributed by atoms with E-state index in [1.165, 1.54) is 0 Å². The van der Waals surface area contributed by atoms with Crippen molar-refractivity contribution in [2.75, 3.05) is 14.2 Å². The molecule has 1 aromatic carbocycles. The first-order valence-electron chi connectivity index (χ1n) is 8.22. The highest BCUT2D eigenvalue weighted by Crippen LogP contribution is 2.31. The van der Waals surface area contributed by atoms with Crippen molar-refractivity contribution in [2.45, 2.75) is 0 Å². The minimum absolute atomic E-state index is 0.775. The van der Waals surface area contributed by atoms with Crippen molar-refractivity contribution < 1.29 is 9.47 Å². The molecule has 2 heterocycles. The molecular weight excluding hydrogens is 324 g/mol. The van der Waals surface area contributed by atoms with E-state index in [1.807, 2.05) is 73.1 Å². The van der Waals surface area contributed by atoms with Crippen molar-refractivity contribution in [3.05, 3.63) is 83.4 Å². The summed E-state index contributed by atoms with van der Waals surface area (Å²) in [6, 6.07) is 11.7. The molecule has 0 aliphatic heterocycles. The van der Waals surface area contributed by atoms with Crippen LogP contribution in [0.5, 0.6) is 11.5 Å². The van der Waals surface area contributed by atoms with E-state index in [-0.39, 0.29) is 0 Å². The zero-order valence-corrected chi connectivity index (χ0v) is 14.8. The van der Waals surface area contributed by atoms with Gasteiger partial charge >= 0.3 is 0 Å². The fourth-order valence-corrected chi connectivity index (χ4v) is 2.53. The summed E-state index contributed by atoms with van der Waals surface area (Å²) >= 11 is 0. The molecule has 3 aromatic rings. The van der Waals surface area contributed by atoms with Crippen molar-refractivity contribution in [3.8, 4) is 11.5 Å². The zero-order valence-electron chi connectivity index (χ0n) is 14.8. The second-order valence-electron chi connectivity index (χ2n) is 5.58. The molecule has 0 spiro atoms. The number of rotatable bonds is 6. The van der Waals surface area contributed by atoms with Crippen LogP contribution in [0.3, 0.4) is 0 Å². The number of nitrogens with zero attached hydrogens (tertiary/aromatic N) is 2. The van der Waals surface area contributed by atoms with E-state index in [0.717, 1.165) is 33.8 Å². The molecule has 26 heavy (non-hydrogen) atoms. The quantitative estimate of drug-likeness (QED) is 0.642. The van der Waals surface area contributed by atoms with Crippen LogP contribution in [-0.2, 0) is 0 Å². The molecule has 0 N–H and O–H groups in total. The van der Waals surface area contributed by atoms with E-state index < -0.39 is 0 Å². The van der Waals surface area contributed by atoms with Crippen LogP contribution in [0, 0.1) is 0 Å². The minimum atomic E-state index is 0.775. The molecule has 0 atom stereocenters. The van der Waals surface area contributed by atoms with Crippen LogP contribution < -0.4 is 9.47 Å². The van der Waals surface area contributed by atoms with E-state index in [0.29, 0.717) is 0 Å². The number of hydrogen-bond acceptors (Lipinski definition) is 4. The van der Waals surface area contributed by atoms with E-state index in [9.17, 15) is 0 Å². The summed E-state index contributed by atoms with van der Waals surface area (Å²) in [5.41, 5.74) is 3.92. The Kier molecular flexibility index (Phi) is 5.78. The molecule has 0 radical (unpaired) electrons. The van der Waals surface area contributed by atoms with E-state index in [1.54, 1.807) is 26.6 Å². The molecule has 0 aliphatic rings. The minimum Gasteiger partial charge on any atom is -0.496 e. The Morgan fingerprint density at radius 1 is 0.692 bits per heavy atom. The third-order valence-corrected chi connectivity index (χ3v) is 3.86.